The van der Waals surface area contributed by atoms with Crippen LogP contribution in [0.15, 0.2) is 83.8 Å². The van der Waals surface area contributed by atoms with Crippen LogP contribution in [0.3, 0.4) is 0 Å². The lowest BCUT2D eigenvalue weighted by Gasteiger charge is -2.13. The summed E-state index contributed by atoms with van der Waals surface area (Å²) in [5, 5.41) is 3.01. The first-order valence-corrected chi connectivity index (χ1v) is 11.0. The fourth-order valence-corrected chi connectivity index (χ4v) is 4.36. The molecule has 3 aromatic rings. The minimum Gasteiger partial charge on any atom is -0.489 e. The van der Waals surface area contributed by atoms with Crippen LogP contribution >= 0.6 is 36.2 Å². The van der Waals surface area contributed by atoms with Crippen LogP contribution in [0.4, 0.5) is 0 Å². The smallest absolute Gasteiger partial charge is 0.143 e. The Balaban J connectivity index is 1.57. The maximum absolute atomic E-state index is 6.16. The number of rotatable bonds is 7. The zero-order chi connectivity index (χ0) is 20.8. The Morgan fingerprint density at radius 1 is 0.800 bits per heavy atom. The highest BCUT2D eigenvalue weighted by atomic mass is 32.2. The molecule has 1 fully saturated rings. The molecule has 4 rings (SSSR count). The van der Waals surface area contributed by atoms with Gasteiger partial charge in [0.1, 0.15) is 34.0 Å². The number of benzene rings is 3. The summed E-state index contributed by atoms with van der Waals surface area (Å²) in [7, 11) is 0. The number of ether oxygens (including phenoxy) is 2. The molecule has 3 nitrogen and oxygen atoms in total. The first kappa shape index (κ1) is 20.6. The fourth-order valence-electron chi connectivity index (χ4n) is 2.89. The van der Waals surface area contributed by atoms with Crippen LogP contribution in [0, 0.1) is 0 Å². The molecule has 1 aliphatic rings. The standard InChI is InChI=1S/C24H19NO2S3/c28-23-22(30-24(29)25-23)13-19-11-12-20(26-15-17-7-3-1-4-8-17)14-21(19)27-16-18-9-5-2-6-10-18/h1-14H,15-16H2,(H,25,28,29). The maximum Gasteiger partial charge on any atom is 0.143 e. The molecule has 0 aliphatic carbocycles. The maximum atomic E-state index is 6.16. The van der Waals surface area contributed by atoms with E-state index in [-0.39, 0.29) is 0 Å². The topological polar surface area (TPSA) is 30.5 Å². The predicted molar refractivity (Wildman–Crippen MR) is 132 cm³/mol. The Labute approximate surface area is 191 Å². The highest BCUT2D eigenvalue weighted by molar-refractivity contribution is 8.27. The van der Waals surface area contributed by atoms with Crippen molar-refractivity contribution < 1.29 is 9.47 Å². The molecule has 0 unspecified atom stereocenters. The molecule has 0 atom stereocenters. The number of hydrogen-bond donors (Lipinski definition) is 1. The Kier molecular flexibility index (Phi) is 6.79. The van der Waals surface area contributed by atoms with Crippen molar-refractivity contribution in [3.63, 3.8) is 0 Å². The Hall–Kier alpha value is -2.67. The molecule has 0 amide bonds. The van der Waals surface area contributed by atoms with Crippen molar-refractivity contribution in [3.8, 4) is 11.5 Å². The van der Waals surface area contributed by atoms with Gasteiger partial charge in [0.25, 0.3) is 0 Å². The monoisotopic (exact) mass is 449 g/mol. The first-order valence-electron chi connectivity index (χ1n) is 9.40. The van der Waals surface area contributed by atoms with Crippen molar-refractivity contribution in [2.45, 2.75) is 13.2 Å². The SMILES string of the molecule is S=C1NC(=S)C(=Cc2ccc(OCc3ccccc3)cc2OCc2ccccc2)S1. The Morgan fingerprint density at radius 3 is 2.03 bits per heavy atom. The third kappa shape index (κ3) is 5.48. The first-order chi connectivity index (χ1) is 14.7. The molecule has 6 heteroatoms. The second kappa shape index (κ2) is 9.89. The van der Waals surface area contributed by atoms with Gasteiger partial charge < -0.3 is 14.8 Å². The van der Waals surface area contributed by atoms with E-state index in [1.807, 2.05) is 84.9 Å². The highest BCUT2D eigenvalue weighted by Gasteiger charge is 2.19. The van der Waals surface area contributed by atoms with Crippen molar-refractivity contribution in [3.05, 3.63) is 100 Å². The van der Waals surface area contributed by atoms with E-state index in [9.17, 15) is 0 Å². The van der Waals surface area contributed by atoms with E-state index in [2.05, 4.69) is 5.32 Å². The van der Waals surface area contributed by atoms with Gasteiger partial charge in [-0.25, -0.2) is 0 Å². The van der Waals surface area contributed by atoms with Crippen LogP contribution < -0.4 is 14.8 Å². The average molecular weight is 450 g/mol. The summed E-state index contributed by atoms with van der Waals surface area (Å²) < 4.78 is 12.8. The van der Waals surface area contributed by atoms with Gasteiger partial charge in [-0.2, -0.15) is 0 Å². The van der Waals surface area contributed by atoms with Crippen molar-refractivity contribution >= 4 is 51.6 Å². The van der Waals surface area contributed by atoms with Crippen LogP contribution in [0.1, 0.15) is 16.7 Å². The zero-order valence-electron chi connectivity index (χ0n) is 16.0. The van der Waals surface area contributed by atoms with E-state index in [0.29, 0.717) is 22.5 Å². The average Bonchev–Trinajstić information content (AvgIpc) is 3.10. The number of thioether (sulfide) groups is 1. The number of thiocarbonyl (C=S) groups is 2. The molecule has 30 heavy (non-hydrogen) atoms. The highest BCUT2D eigenvalue weighted by Crippen LogP contribution is 2.32. The third-order valence-corrected chi connectivity index (χ3v) is 6.03. The normalized spacial score (nSPS) is 14.6. The van der Waals surface area contributed by atoms with Crippen LogP contribution in [-0.4, -0.2) is 9.31 Å². The van der Waals surface area contributed by atoms with Crippen LogP contribution in [0.25, 0.3) is 6.08 Å². The molecule has 3 aromatic carbocycles. The number of nitrogens with one attached hydrogen (secondary N) is 1. The van der Waals surface area contributed by atoms with Gasteiger partial charge in [-0.3, -0.25) is 0 Å². The van der Waals surface area contributed by atoms with Gasteiger partial charge in [0.05, 0.1) is 4.91 Å². The van der Waals surface area contributed by atoms with Gasteiger partial charge in [0, 0.05) is 11.6 Å². The molecule has 1 saturated heterocycles. The summed E-state index contributed by atoms with van der Waals surface area (Å²) in [4.78, 5) is 1.56. The summed E-state index contributed by atoms with van der Waals surface area (Å²) in [6.45, 7) is 0.963. The molecule has 1 heterocycles. The molecule has 1 aliphatic heterocycles. The molecule has 0 radical (unpaired) electrons. The van der Waals surface area contributed by atoms with Gasteiger partial charge >= 0.3 is 0 Å². The van der Waals surface area contributed by atoms with E-state index in [1.54, 1.807) is 0 Å². The fraction of sp³-hybridized carbons (Fsp3) is 0.0833. The lowest BCUT2D eigenvalue weighted by molar-refractivity contribution is 0.289. The van der Waals surface area contributed by atoms with E-state index >= 15 is 0 Å². The molecule has 0 saturated carbocycles. The molecule has 0 spiro atoms. The van der Waals surface area contributed by atoms with Gasteiger partial charge in [0.15, 0.2) is 0 Å². The third-order valence-electron chi connectivity index (χ3n) is 4.40. The quantitative estimate of drug-likeness (QED) is 0.345. The molecule has 0 bridgehead atoms. The molecule has 150 valence electrons. The van der Waals surface area contributed by atoms with E-state index in [1.165, 1.54) is 11.8 Å². The summed E-state index contributed by atoms with van der Waals surface area (Å²) >= 11 is 12.0. The number of hydrogen-bond acceptors (Lipinski definition) is 5. The second-order valence-corrected chi connectivity index (χ2v) is 8.73. The van der Waals surface area contributed by atoms with Crippen LogP contribution in [0.2, 0.25) is 0 Å². The molecular formula is C24H19NO2S3. The summed E-state index contributed by atoms with van der Waals surface area (Å²) in [6.07, 6.45) is 2.00. The lowest BCUT2D eigenvalue weighted by Crippen LogP contribution is -2.15. The largest absolute Gasteiger partial charge is 0.489 e. The summed E-state index contributed by atoms with van der Waals surface area (Å²) in [6, 6.07) is 26.0. The van der Waals surface area contributed by atoms with Crippen LogP contribution in [-0.2, 0) is 13.2 Å². The molecular weight excluding hydrogens is 430 g/mol. The van der Waals surface area contributed by atoms with Gasteiger partial charge in [-0.15, -0.1) is 0 Å². The minimum absolute atomic E-state index is 0.466. The lowest BCUT2D eigenvalue weighted by atomic mass is 10.1. The second-order valence-electron chi connectivity index (χ2n) is 6.60. The van der Waals surface area contributed by atoms with E-state index in [4.69, 9.17) is 33.9 Å². The summed E-state index contributed by atoms with van der Waals surface area (Å²) in [5.74, 6) is 1.48. The van der Waals surface area contributed by atoms with Crippen molar-refractivity contribution in [2.24, 2.45) is 0 Å². The molecule has 0 aromatic heterocycles. The van der Waals surface area contributed by atoms with Gasteiger partial charge in [-0.05, 0) is 29.3 Å². The predicted octanol–water partition coefficient (Wildman–Crippen LogP) is 6.13. The van der Waals surface area contributed by atoms with Crippen molar-refractivity contribution in [1.82, 2.24) is 5.32 Å². The van der Waals surface area contributed by atoms with Gasteiger partial charge in [-0.1, -0.05) is 96.9 Å². The van der Waals surface area contributed by atoms with E-state index in [0.717, 1.165) is 33.1 Å². The van der Waals surface area contributed by atoms with E-state index < -0.39 is 0 Å². The van der Waals surface area contributed by atoms with Crippen molar-refractivity contribution in [1.29, 1.82) is 0 Å². The summed E-state index contributed by atoms with van der Waals surface area (Å²) in [5.41, 5.74) is 3.14. The Morgan fingerprint density at radius 2 is 1.43 bits per heavy atom. The Bertz CT molecular complexity index is 1080. The van der Waals surface area contributed by atoms with Crippen LogP contribution in [0.5, 0.6) is 11.5 Å². The minimum atomic E-state index is 0.466. The molecule has 1 N–H and O–H groups in total. The van der Waals surface area contributed by atoms with Gasteiger partial charge in [0.2, 0.25) is 0 Å². The zero-order valence-corrected chi connectivity index (χ0v) is 18.5. The van der Waals surface area contributed by atoms with Crippen molar-refractivity contribution in [2.75, 3.05) is 0 Å².